The van der Waals surface area contributed by atoms with Crippen molar-refractivity contribution < 1.29 is 14.3 Å². The van der Waals surface area contributed by atoms with Gasteiger partial charge in [0, 0.05) is 18.0 Å². The van der Waals surface area contributed by atoms with Crippen molar-refractivity contribution in [1.82, 2.24) is 20.4 Å². The second kappa shape index (κ2) is 8.58. The summed E-state index contributed by atoms with van der Waals surface area (Å²) in [5.74, 6) is 1.93. The molecule has 8 heteroatoms. The molecule has 0 radical (unpaired) electrons. The summed E-state index contributed by atoms with van der Waals surface area (Å²) in [4.78, 5) is 25.2. The van der Waals surface area contributed by atoms with Gasteiger partial charge in [-0.15, -0.1) is 0 Å². The first-order valence-electron chi connectivity index (χ1n) is 11.7. The lowest BCUT2D eigenvalue weighted by molar-refractivity contribution is -0.130. The average molecular weight is 438 g/mol. The highest BCUT2D eigenvalue weighted by atomic mass is 16.5. The Balaban J connectivity index is 1.26. The van der Waals surface area contributed by atoms with Gasteiger partial charge >= 0.3 is 0 Å². The Morgan fingerprint density at radius 2 is 2.00 bits per heavy atom. The maximum atomic E-state index is 12.7. The molecule has 3 fully saturated rings. The summed E-state index contributed by atoms with van der Waals surface area (Å²) >= 11 is 0. The highest BCUT2D eigenvalue weighted by molar-refractivity contribution is 5.91. The number of nitrogens with one attached hydrogen (secondary N) is 3. The lowest BCUT2D eigenvalue weighted by Gasteiger charge is -2.34. The van der Waals surface area contributed by atoms with Crippen LogP contribution in [0.1, 0.15) is 75.3 Å². The van der Waals surface area contributed by atoms with Gasteiger partial charge < -0.3 is 15.4 Å². The third kappa shape index (κ3) is 4.37. The van der Waals surface area contributed by atoms with Crippen LogP contribution in [0, 0.1) is 5.92 Å². The molecule has 3 aliphatic rings. The van der Waals surface area contributed by atoms with Gasteiger partial charge in [0.2, 0.25) is 5.91 Å². The Kier molecular flexibility index (Phi) is 5.63. The molecule has 3 N–H and O–H groups in total. The van der Waals surface area contributed by atoms with Gasteiger partial charge in [0.1, 0.15) is 11.6 Å². The third-order valence-electron chi connectivity index (χ3n) is 6.68. The number of aromatic nitrogens is 2. The molecule has 1 aromatic heterocycles. The first-order valence-corrected chi connectivity index (χ1v) is 11.7. The zero-order valence-corrected chi connectivity index (χ0v) is 18.6. The predicted molar refractivity (Wildman–Crippen MR) is 120 cm³/mol. The predicted octanol–water partition coefficient (Wildman–Crippen LogP) is 3.25. The average Bonchev–Trinajstić information content (AvgIpc) is 3.36. The molecule has 2 aromatic rings. The summed E-state index contributed by atoms with van der Waals surface area (Å²) in [6.07, 6.45) is 4.70. The number of amides is 2. The standard InChI is InChI=1S/C24H31N5O3/c1-14(2)15-8-10-17(11-9-15)32-13-22(30)26-21-12-20(16-6-7-16)28-29(21)24-25-19-5-3-4-18(19)23(31)27-24/h8-12,14,16,18-19,24-25H,3-7,13H2,1-2H3,(H,26,30)(H,27,31). The third-order valence-corrected chi connectivity index (χ3v) is 6.68. The van der Waals surface area contributed by atoms with E-state index in [-0.39, 0.29) is 30.4 Å². The van der Waals surface area contributed by atoms with E-state index in [0.717, 1.165) is 37.8 Å². The van der Waals surface area contributed by atoms with Crippen LogP contribution in [-0.4, -0.2) is 34.2 Å². The summed E-state index contributed by atoms with van der Waals surface area (Å²) in [6, 6.07) is 9.88. The van der Waals surface area contributed by atoms with E-state index >= 15 is 0 Å². The van der Waals surface area contributed by atoms with Gasteiger partial charge in [0.15, 0.2) is 12.9 Å². The minimum Gasteiger partial charge on any atom is -0.484 e. The molecule has 2 heterocycles. The van der Waals surface area contributed by atoms with E-state index < -0.39 is 6.29 Å². The van der Waals surface area contributed by atoms with Crippen molar-refractivity contribution >= 4 is 17.6 Å². The van der Waals surface area contributed by atoms with Crippen LogP contribution in [0.3, 0.4) is 0 Å². The van der Waals surface area contributed by atoms with Crippen molar-refractivity contribution in [1.29, 1.82) is 0 Å². The molecule has 0 spiro atoms. The molecule has 0 bridgehead atoms. The van der Waals surface area contributed by atoms with Gasteiger partial charge in [-0.05, 0) is 49.3 Å². The Labute approximate surface area is 188 Å². The van der Waals surface area contributed by atoms with E-state index in [9.17, 15) is 9.59 Å². The van der Waals surface area contributed by atoms with Crippen molar-refractivity contribution in [3.05, 3.63) is 41.6 Å². The monoisotopic (exact) mass is 437 g/mol. The molecule has 5 rings (SSSR count). The Hall–Kier alpha value is -2.87. The van der Waals surface area contributed by atoms with Gasteiger partial charge in [-0.3, -0.25) is 14.9 Å². The van der Waals surface area contributed by atoms with Crippen molar-refractivity contribution in [2.45, 2.75) is 70.1 Å². The van der Waals surface area contributed by atoms with Gasteiger partial charge in [0.25, 0.3) is 5.91 Å². The van der Waals surface area contributed by atoms with E-state index in [4.69, 9.17) is 9.84 Å². The summed E-state index contributed by atoms with van der Waals surface area (Å²) in [5.41, 5.74) is 2.18. The maximum absolute atomic E-state index is 12.7. The molecule has 3 unspecified atom stereocenters. The lowest BCUT2D eigenvalue weighted by Crippen LogP contribution is -2.57. The van der Waals surface area contributed by atoms with Crippen LogP contribution < -0.4 is 20.7 Å². The van der Waals surface area contributed by atoms with Gasteiger partial charge in [-0.25, -0.2) is 4.68 Å². The second-order valence-electron chi connectivity index (χ2n) is 9.46. The van der Waals surface area contributed by atoms with Gasteiger partial charge in [-0.2, -0.15) is 5.10 Å². The van der Waals surface area contributed by atoms with Gasteiger partial charge in [0.05, 0.1) is 11.6 Å². The number of anilines is 1. The number of carbonyl (C=O) groups excluding carboxylic acids is 2. The number of hydrogen-bond acceptors (Lipinski definition) is 5. The minimum absolute atomic E-state index is 0.0261. The lowest BCUT2D eigenvalue weighted by atomic mass is 10.0. The molecule has 2 aliphatic carbocycles. The molecule has 1 aromatic carbocycles. The van der Waals surface area contributed by atoms with Crippen LogP contribution in [-0.2, 0) is 9.59 Å². The van der Waals surface area contributed by atoms with Crippen LogP contribution in [0.15, 0.2) is 30.3 Å². The van der Waals surface area contributed by atoms with E-state index in [1.54, 1.807) is 4.68 Å². The molecule has 2 saturated carbocycles. The topological polar surface area (TPSA) is 97.3 Å². The summed E-state index contributed by atoms with van der Waals surface area (Å²) in [7, 11) is 0. The molecular formula is C24H31N5O3. The van der Waals surface area contributed by atoms with Crippen molar-refractivity contribution in [2.24, 2.45) is 5.92 Å². The van der Waals surface area contributed by atoms with Gasteiger partial charge in [-0.1, -0.05) is 32.4 Å². The molecule has 1 saturated heterocycles. The van der Waals surface area contributed by atoms with E-state index in [1.807, 2.05) is 30.3 Å². The van der Waals surface area contributed by atoms with E-state index in [2.05, 4.69) is 29.8 Å². The van der Waals surface area contributed by atoms with E-state index in [0.29, 0.717) is 23.4 Å². The van der Waals surface area contributed by atoms with Crippen LogP contribution in [0.5, 0.6) is 5.75 Å². The fourth-order valence-electron chi connectivity index (χ4n) is 4.65. The number of ether oxygens (including phenoxy) is 1. The SMILES string of the molecule is CC(C)c1ccc(OCC(=O)Nc2cc(C3CC3)nn2C2NC(=O)C3CCCC3N2)cc1. The molecule has 1 aliphatic heterocycles. The maximum Gasteiger partial charge on any atom is 0.263 e. The van der Waals surface area contributed by atoms with Crippen LogP contribution in [0.25, 0.3) is 0 Å². The summed E-state index contributed by atoms with van der Waals surface area (Å²) in [6.45, 7) is 4.18. The second-order valence-corrected chi connectivity index (χ2v) is 9.46. The zero-order chi connectivity index (χ0) is 22.2. The van der Waals surface area contributed by atoms with E-state index in [1.165, 1.54) is 5.56 Å². The first kappa shape index (κ1) is 21.0. The quantitative estimate of drug-likeness (QED) is 0.618. The van der Waals surface area contributed by atoms with Crippen LogP contribution in [0.2, 0.25) is 0 Å². The largest absolute Gasteiger partial charge is 0.484 e. The Bertz CT molecular complexity index is 996. The number of fused-ring (bicyclic) bond motifs is 1. The summed E-state index contributed by atoms with van der Waals surface area (Å²) in [5, 5.41) is 14.2. The van der Waals surface area contributed by atoms with Crippen LogP contribution >= 0.6 is 0 Å². The van der Waals surface area contributed by atoms with Crippen molar-refractivity contribution in [3.63, 3.8) is 0 Å². The highest BCUT2D eigenvalue weighted by Crippen LogP contribution is 2.40. The van der Waals surface area contributed by atoms with Crippen LogP contribution in [0.4, 0.5) is 5.82 Å². The normalized spacial score (nSPS) is 24.8. The fourth-order valence-corrected chi connectivity index (χ4v) is 4.65. The Morgan fingerprint density at radius 3 is 2.72 bits per heavy atom. The zero-order valence-electron chi connectivity index (χ0n) is 18.6. The smallest absolute Gasteiger partial charge is 0.263 e. The first-order chi connectivity index (χ1) is 15.5. The number of hydrogen-bond donors (Lipinski definition) is 3. The number of carbonyl (C=O) groups is 2. The molecule has 3 atom stereocenters. The van der Waals surface area contributed by atoms with Crippen molar-refractivity contribution in [2.75, 3.05) is 11.9 Å². The molecule has 32 heavy (non-hydrogen) atoms. The molecular weight excluding hydrogens is 406 g/mol. The number of rotatable bonds is 7. The molecule has 170 valence electrons. The van der Waals surface area contributed by atoms with Crippen molar-refractivity contribution in [3.8, 4) is 5.75 Å². The minimum atomic E-state index is -0.464. The summed E-state index contributed by atoms with van der Waals surface area (Å²) < 4.78 is 7.38. The Morgan fingerprint density at radius 1 is 1.22 bits per heavy atom. The fraction of sp³-hybridized carbons (Fsp3) is 0.542. The molecule has 2 amide bonds. The number of benzene rings is 1. The highest BCUT2D eigenvalue weighted by Gasteiger charge is 2.40. The molecule has 8 nitrogen and oxygen atoms in total. The number of nitrogens with zero attached hydrogens (tertiary/aromatic N) is 2.